The van der Waals surface area contributed by atoms with Gasteiger partial charge in [0, 0.05) is 20.1 Å². The van der Waals surface area contributed by atoms with E-state index in [0.29, 0.717) is 6.61 Å². The van der Waals surface area contributed by atoms with E-state index in [9.17, 15) is 5.11 Å². The van der Waals surface area contributed by atoms with Crippen LogP contribution in [0.4, 0.5) is 0 Å². The predicted molar refractivity (Wildman–Crippen MR) is 59.9 cm³/mol. The molecule has 3 heteroatoms. The molecule has 1 rings (SSSR count). The fourth-order valence-electron chi connectivity index (χ4n) is 2.31. The van der Waals surface area contributed by atoms with E-state index in [1.807, 2.05) is 0 Å². The van der Waals surface area contributed by atoms with Gasteiger partial charge in [0.15, 0.2) is 0 Å². The third-order valence-corrected chi connectivity index (χ3v) is 3.46. The standard InChI is InChI=1S/C12H24O3/c1-4-11(2)10-12(13,7-9-15-11)6-5-8-14-3/h13H,4-10H2,1-3H3. The lowest BCUT2D eigenvalue weighted by atomic mass is 9.79. The van der Waals surface area contributed by atoms with Gasteiger partial charge < -0.3 is 14.6 Å². The van der Waals surface area contributed by atoms with Crippen LogP contribution in [0.2, 0.25) is 0 Å². The first-order valence-electron chi connectivity index (χ1n) is 5.89. The smallest absolute Gasteiger partial charge is 0.0697 e. The Morgan fingerprint density at radius 3 is 2.80 bits per heavy atom. The highest BCUT2D eigenvalue weighted by atomic mass is 16.5. The first-order valence-corrected chi connectivity index (χ1v) is 5.89. The molecule has 2 unspecified atom stereocenters. The summed E-state index contributed by atoms with van der Waals surface area (Å²) in [6, 6.07) is 0. The first kappa shape index (κ1) is 12.9. The summed E-state index contributed by atoms with van der Waals surface area (Å²) < 4.78 is 10.7. The average Bonchev–Trinajstić information content (AvgIpc) is 2.18. The van der Waals surface area contributed by atoms with Crippen LogP contribution < -0.4 is 0 Å². The van der Waals surface area contributed by atoms with Crippen molar-refractivity contribution in [3.8, 4) is 0 Å². The van der Waals surface area contributed by atoms with Crippen LogP contribution in [-0.2, 0) is 9.47 Å². The molecule has 2 atom stereocenters. The molecule has 1 aliphatic heterocycles. The maximum Gasteiger partial charge on any atom is 0.0697 e. The summed E-state index contributed by atoms with van der Waals surface area (Å²) in [6.07, 6.45) is 4.21. The maximum absolute atomic E-state index is 10.4. The van der Waals surface area contributed by atoms with E-state index in [2.05, 4.69) is 13.8 Å². The Hall–Kier alpha value is -0.120. The van der Waals surface area contributed by atoms with E-state index in [0.717, 1.165) is 38.7 Å². The molecule has 0 amide bonds. The summed E-state index contributed by atoms with van der Waals surface area (Å²) in [5.41, 5.74) is -0.679. The summed E-state index contributed by atoms with van der Waals surface area (Å²) in [5.74, 6) is 0. The van der Waals surface area contributed by atoms with Crippen LogP contribution in [0.1, 0.15) is 46.0 Å². The minimum Gasteiger partial charge on any atom is -0.390 e. The Morgan fingerprint density at radius 2 is 2.20 bits per heavy atom. The lowest BCUT2D eigenvalue weighted by Crippen LogP contribution is -2.47. The van der Waals surface area contributed by atoms with Gasteiger partial charge >= 0.3 is 0 Å². The number of methoxy groups -OCH3 is 1. The molecule has 0 aliphatic carbocycles. The number of rotatable bonds is 5. The van der Waals surface area contributed by atoms with E-state index in [4.69, 9.17) is 9.47 Å². The summed E-state index contributed by atoms with van der Waals surface area (Å²) in [7, 11) is 1.70. The van der Waals surface area contributed by atoms with Crippen molar-refractivity contribution < 1.29 is 14.6 Å². The van der Waals surface area contributed by atoms with Crippen LogP contribution >= 0.6 is 0 Å². The van der Waals surface area contributed by atoms with E-state index in [-0.39, 0.29) is 5.60 Å². The fraction of sp³-hybridized carbons (Fsp3) is 1.00. The summed E-state index contributed by atoms with van der Waals surface area (Å²) in [4.78, 5) is 0. The van der Waals surface area contributed by atoms with E-state index < -0.39 is 5.60 Å². The van der Waals surface area contributed by atoms with Crippen LogP contribution in [0.3, 0.4) is 0 Å². The van der Waals surface area contributed by atoms with Crippen molar-refractivity contribution in [1.82, 2.24) is 0 Å². The van der Waals surface area contributed by atoms with Gasteiger partial charge in [-0.1, -0.05) is 6.92 Å². The number of ether oxygens (including phenoxy) is 2. The van der Waals surface area contributed by atoms with Gasteiger partial charge in [0.25, 0.3) is 0 Å². The van der Waals surface area contributed by atoms with Crippen molar-refractivity contribution in [2.45, 2.75) is 57.2 Å². The van der Waals surface area contributed by atoms with E-state index >= 15 is 0 Å². The Balaban J connectivity index is 2.45. The molecule has 1 aliphatic rings. The highest BCUT2D eigenvalue weighted by Crippen LogP contribution is 2.36. The summed E-state index contributed by atoms with van der Waals surface area (Å²) in [6.45, 7) is 5.61. The second-order valence-corrected chi connectivity index (χ2v) is 4.90. The van der Waals surface area contributed by atoms with E-state index in [1.54, 1.807) is 7.11 Å². The van der Waals surface area contributed by atoms with Crippen molar-refractivity contribution in [2.75, 3.05) is 20.3 Å². The number of hydrogen-bond donors (Lipinski definition) is 1. The third kappa shape index (κ3) is 3.74. The molecule has 3 nitrogen and oxygen atoms in total. The minimum absolute atomic E-state index is 0.139. The monoisotopic (exact) mass is 216 g/mol. The second kappa shape index (κ2) is 5.28. The Morgan fingerprint density at radius 1 is 1.47 bits per heavy atom. The van der Waals surface area contributed by atoms with Crippen LogP contribution in [0.25, 0.3) is 0 Å². The highest BCUT2D eigenvalue weighted by molar-refractivity contribution is 4.91. The normalized spacial score (nSPS) is 36.8. The quantitative estimate of drug-likeness (QED) is 0.715. The van der Waals surface area contributed by atoms with Gasteiger partial charge in [-0.15, -0.1) is 0 Å². The topological polar surface area (TPSA) is 38.7 Å². The van der Waals surface area contributed by atoms with Gasteiger partial charge in [0.2, 0.25) is 0 Å². The van der Waals surface area contributed by atoms with Crippen molar-refractivity contribution in [3.05, 3.63) is 0 Å². The molecular formula is C12H24O3. The van der Waals surface area contributed by atoms with Crippen LogP contribution in [0.15, 0.2) is 0 Å². The van der Waals surface area contributed by atoms with Crippen molar-refractivity contribution in [3.63, 3.8) is 0 Å². The number of aliphatic hydroxyl groups is 1. The molecule has 0 aromatic heterocycles. The second-order valence-electron chi connectivity index (χ2n) is 4.90. The van der Waals surface area contributed by atoms with Crippen LogP contribution in [0.5, 0.6) is 0 Å². The third-order valence-electron chi connectivity index (χ3n) is 3.46. The van der Waals surface area contributed by atoms with Crippen molar-refractivity contribution >= 4 is 0 Å². The lowest BCUT2D eigenvalue weighted by molar-refractivity contribution is -0.157. The van der Waals surface area contributed by atoms with Crippen LogP contribution in [0, 0.1) is 0 Å². The molecule has 90 valence electrons. The average molecular weight is 216 g/mol. The zero-order valence-electron chi connectivity index (χ0n) is 10.2. The van der Waals surface area contributed by atoms with Gasteiger partial charge in [0.05, 0.1) is 17.8 Å². The summed E-state index contributed by atoms with van der Waals surface area (Å²) in [5, 5.41) is 10.4. The zero-order valence-corrected chi connectivity index (χ0v) is 10.2. The minimum atomic E-state index is -0.540. The van der Waals surface area contributed by atoms with Gasteiger partial charge in [-0.2, -0.15) is 0 Å². The molecule has 0 spiro atoms. The lowest BCUT2D eigenvalue weighted by Gasteiger charge is -2.43. The first-order chi connectivity index (χ1) is 7.04. The maximum atomic E-state index is 10.4. The predicted octanol–water partition coefficient (Wildman–Crippen LogP) is 2.12. The highest BCUT2D eigenvalue weighted by Gasteiger charge is 2.40. The van der Waals surface area contributed by atoms with Crippen molar-refractivity contribution in [2.24, 2.45) is 0 Å². The van der Waals surface area contributed by atoms with Crippen LogP contribution in [-0.4, -0.2) is 36.6 Å². The molecule has 0 aromatic rings. The van der Waals surface area contributed by atoms with Gasteiger partial charge in [-0.05, 0) is 32.6 Å². The molecule has 0 aromatic carbocycles. The van der Waals surface area contributed by atoms with Gasteiger partial charge in [-0.3, -0.25) is 0 Å². The molecule has 1 N–H and O–H groups in total. The Labute approximate surface area is 92.8 Å². The summed E-state index contributed by atoms with van der Waals surface area (Å²) >= 11 is 0. The SMILES string of the molecule is CCC1(C)CC(O)(CCCOC)CCO1. The Kier molecular flexibility index (Phi) is 4.56. The molecule has 0 radical (unpaired) electrons. The molecular weight excluding hydrogens is 192 g/mol. The number of hydrogen-bond acceptors (Lipinski definition) is 3. The molecule has 1 saturated heterocycles. The molecule has 1 fully saturated rings. The van der Waals surface area contributed by atoms with Crippen molar-refractivity contribution in [1.29, 1.82) is 0 Å². The van der Waals surface area contributed by atoms with E-state index in [1.165, 1.54) is 0 Å². The zero-order chi connectivity index (χ0) is 11.4. The van der Waals surface area contributed by atoms with Gasteiger partial charge in [-0.25, -0.2) is 0 Å². The van der Waals surface area contributed by atoms with Gasteiger partial charge in [0.1, 0.15) is 0 Å². The molecule has 1 heterocycles. The molecule has 0 bridgehead atoms. The molecule has 0 saturated carbocycles. The largest absolute Gasteiger partial charge is 0.390 e. The fourth-order valence-corrected chi connectivity index (χ4v) is 2.31. The Bertz CT molecular complexity index is 195. The molecule has 15 heavy (non-hydrogen) atoms.